The van der Waals surface area contributed by atoms with Crippen LogP contribution in [0.4, 0.5) is 5.69 Å². The molecule has 2 N–H and O–H groups in total. The van der Waals surface area contributed by atoms with Gasteiger partial charge < -0.3 is 15.2 Å². The first kappa shape index (κ1) is 15.1. The fourth-order valence-corrected chi connectivity index (χ4v) is 2.51. The second-order valence-electron chi connectivity index (χ2n) is 5.73. The number of nitrogens with zero attached hydrogens (tertiary/aromatic N) is 2. The maximum atomic E-state index is 12.1. The molecule has 0 fully saturated rings. The summed E-state index contributed by atoms with van der Waals surface area (Å²) in [6.07, 6.45) is 3.94. The highest BCUT2D eigenvalue weighted by Crippen LogP contribution is 2.16. The maximum Gasteiger partial charge on any atom is 0.224 e. The van der Waals surface area contributed by atoms with Crippen LogP contribution in [-0.2, 0) is 17.8 Å². The standard InChI is InChI=1S/C18H20N4O/c1-22(2)15-7-5-13(6-8-15)11-20-17(23)10-14-12-21-18-16(14)4-3-9-19-18/h3-9,12H,10-11H2,1-2H3,(H,19,21)(H,20,23). The average Bonchev–Trinajstić information content (AvgIpc) is 2.96. The van der Waals surface area contributed by atoms with Gasteiger partial charge in [0.05, 0.1) is 6.42 Å². The molecule has 23 heavy (non-hydrogen) atoms. The lowest BCUT2D eigenvalue weighted by molar-refractivity contribution is -0.120. The zero-order chi connectivity index (χ0) is 16.2. The van der Waals surface area contributed by atoms with Crippen molar-refractivity contribution in [2.45, 2.75) is 13.0 Å². The molecule has 0 bridgehead atoms. The summed E-state index contributed by atoms with van der Waals surface area (Å²) in [5, 5.41) is 3.96. The van der Waals surface area contributed by atoms with Crippen LogP contribution in [0.5, 0.6) is 0 Å². The van der Waals surface area contributed by atoms with Crippen molar-refractivity contribution in [3.8, 4) is 0 Å². The molecule has 2 heterocycles. The van der Waals surface area contributed by atoms with Crippen LogP contribution in [-0.4, -0.2) is 30.0 Å². The Kier molecular flexibility index (Phi) is 4.28. The van der Waals surface area contributed by atoms with Crippen LogP contribution in [0.2, 0.25) is 0 Å². The molecule has 1 amide bonds. The first-order valence-electron chi connectivity index (χ1n) is 7.57. The van der Waals surface area contributed by atoms with E-state index in [2.05, 4.69) is 15.3 Å². The van der Waals surface area contributed by atoms with Crippen molar-refractivity contribution < 1.29 is 4.79 Å². The van der Waals surface area contributed by atoms with Crippen molar-refractivity contribution in [1.29, 1.82) is 0 Å². The van der Waals surface area contributed by atoms with Gasteiger partial charge in [0.25, 0.3) is 0 Å². The number of carbonyl (C=O) groups is 1. The highest BCUT2D eigenvalue weighted by atomic mass is 16.1. The molecule has 0 aliphatic heterocycles. The summed E-state index contributed by atoms with van der Waals surface area (Å²) in [7, 11) is 4.01. The van der Waals surface area contributed by atoms with Gasteiger partial charge in [-0.05, 0) is 35.4 Å². The quantitative estimate of drug-likeness (QED) is 0.761. The summed E-state index contributed by atoms with van der Waals surface area (Å²) in [6, 6.07) is 12.0. The minimum Gasteiger partial charge on any atom is -0.378 e. The number of rotatable bonds is 5. The third-order valence-electron chi connectivity index (χ3n) is 3.83. The van der Waals surface area contributed by atoms with Crippen molar-refractivity contribution in [1.82, 2.24) is 15.3 Å². The molecule has 0 unspecified atom stereocenters. The van der Waals surface area contributed by atoms with E-state index in [1.165, 1.54) is 0 Å². The van der Waals surface area contributed by atoms with Gasteiger partial charge >= 0.3 is 0 Å². The number of nitrogens with one attached hydrogen (secondary N) is 2. The lowest BCUT2D eigenvalue weighted by Crippen LogP contribution is -2.24. The van der Waals surface area contributed by atoms with E-state index < -0.39 is 0 Å². The molecule has 0 aliphatic carbocycles. The topological polar surface area (TPSA) is 61.0 Å². The number of amides is 1. The van der Waals surface area contributed by atoms with Gasteiger partial charge in [-0.15, -0.1) is 0 Å². The first-order valence-corrected chi connectivity index (χ1v) is 7.57. The van der Waals surface area contributed by atoms with E-state index in [1.54, 1.807) is 6.20 Å². The number of aromatic amines is 1. The van der Waals surface area contributed by atoms with Crippen LogP contribution in [0.1, 0.15) is 11.1 Å². The minimum absolute atomic E-state index is 0.00596. The number of aromatic nitrogens is 2. The molecule has 1 aromatic carbocycles. The Labute approximate surface area is 135 Å². The van der Waals surface area contributed by atoms with Gasteiger partial charge in [0.15, 0.2) is 0 Å². The fourth-order valence-electron chi connectivity index (χ4n) is 2.51. The number of H-pyrrole nitrogens is 1. The smallest absolute Gasteiger partial charge is 0.224 e. The number of hydrogen-bond donors (Lipinski definition) is 2. The molecule has 5 nitrogen and oxygen atoms in total. The lowest BCUT2D eigenvalue weighted by Gasteiger charge is -2.12. The molecule has 3 aromatic rings. The number of pyridine rings is 1. The van der Waals surface area contributed by atoms with E-state index in [4.69, 9.17) is 0 Å². The number of anilines is 1. The summed E-state index contributed by atoms with van der Waals surface area (Å²) in [5.74, 6) is 0.00596. The van der Waals surface area contributed by atoms with Crippen molar-refractivity contribution in [3.63, 3.8) is 0 Å². The van der Waals surface area contributed by atoms with Gasteiger partial charge in [-0.1, -0.05) is 12.1 Å². The SMILES string of the molecule is CN(C)c1ccc(CNC(=O)Cc2c[nH]c3ncccc23)cc1. The van der Waals surface area contributed by atoms with Crippen molar-refractivity contribution in [3.05, 3.63) is 59.9 Å². The molecule has 0 saturated carbocycles. The monoisotopic (exact) mass is 308 g/mol. The minimum atomic E-state index is 0.00596. The molecule has 2 aromatic heterocycles. The van der Waals surface area contributed by atoms with E-state index in [0.717, 1.165) is 27.8 Å². The van der Waals surface area contributed by atoms with Crippen molar-refractivity contribution in [2.24, 2.45) is 0 Å². The molecule has 0 radical (unpaired) electrons. The van der Waals surface area contributed by atoms with Crippen molar-refractivity contribution >= 4 is 22.6 Å². The van der Waals surface area contributed by atoms with Gasteiger partial charge in [-0.2, -0.15) is 0 Å². The normalized spacial score (nSPS) is 10.7. The third-order valence-corrected chi connectivity index (χ3v) is 3.83. The van der Waals surface area contributed by atoms with Crippen molar-refractivity contribution in [2.75, 3.05) is 19.0 Å². The van der Waals surface area contributed by atoms with E-state index >= 15 is 0 Å². The Balaban J connectivity index is 1.59. The molecular formula is C18H20N4O. The largest absolute Gasteiger partial charge is 0.378 e. The van der Waals surface area contributed by atoms with Crippen LogP contribution < -0.4 is 10.2 Å². The molecule has 0 atom stereocenters. The van der Waals surface area contributed by atoms with Crippen LogP contribution in [0, 0.1) is 0 Å². The second-order valence-corrected chi connectivity index (χ2v) is 5.73. The Morgan fingerprint density at radius 2 is 2.00 bits per heavy atom. The van der Waals surface area contributed by atoms with E-state index in [9.17, 15) is 4.79 Å². The Bertz CT molecular complexity index is 805. The van der Waals surface area contributed by atoms with Gasteiger partial charge in [0.1, 0.15) is 5.65 Å². The van der Waals surface area contributed by atoms with Crippen LogP contribution in [0.15, 0.2) is 48.8 Å². The zero-order valence-electron chi connectivity index (χ0n) is 13.3. The molecular weight excluding hydrogens is 288 g/mol. The molecule has 0 aliphatic rings. The third kappa shape index (κ3) is 3.51. The van der Waals surface area contributed by atoms with Crippen LogP contribution in [0.25, 0.3) is 11.0 Å². The van der Waals surface area contributed by atoms with Crippen LogP contribution in [0.3, 0.4) is 0 Å². The zero-order valence-corrected chi connectivity index (χ0v) is 13.3. The Hall–Kier alpha value is -2.82. The number of benzene rings is 1. The second kappa shape index (κ2) is 6.52. The summed E-state index contributed by atoms with van der Waals surface area (Å²) in [6.45, 7) is 0.535. The number of fused-ring (bicyclic) bond motifs is 1. The lowest BCUT2D eigenvalue weighted by atomic mass is 10.1. The first-order chi connectivity index (χ1) is 11.1. The van der Waals surface area contributed by atoms with E-state index in [0.29, 0.717) is 13.0 Å². The number of carbonyl (C=O) groups excluding carboxylic acids is 1. The predicted molar refractivity (Wildman–Crippen MR) is 92.4 cm³/mol. The molecule has 118 valence electrons. The fraction of sp³-hybridized carbons (Fsp3) is 0.222. The average molecular weight is 308 g/mol. The molecule has 3 rings (SSSR count). The number of hydrogen-bond acceptors (Lipinski definition) is 3. The van der Waals surface area contributed by atoms with E-state index in [1.807, 2.05) is 61.6 Å². The van der Waals surface area contributed by atoms with Gasteiger partial charge in [-0.25, -0.2) is 4.98 Å². The Morgan fingerprint density at radius 3 is 2.74 bits per heavy atom. The van der Waals surface area contributed by atoms with Gasteiger partial charge in [-0.3, -0.25) is 4.79 Å². The maximum absolute atomic E-state index is 12.1. The molecule has 0 spiro atoms. The van der Waals surface area contributed by atoms with Gasteiger partial charge in [0, 0.05) is 44.1 Å². The molecule has 0 saturated heterocycles. The Morgan fingerprint density at radius 1 is 1.22 bits per heavy atom. The molecule has 5 heteroatoms. The van der Waals surface area contributed by atoms with E-state index in [-0.39, 0.29) is 5.91 Å². The summed E-state index contributed by atoms with van der Waals surface area (Å²) in [4.78, 5) is 21.5. The summed E-state index contributed by atoms with van der Waals surface area (Å²) >= 11 is 0. The highest BCUT2D eigenvalue weighted by molar-refractivity contribution is 5.87. The van der Waals surface area contributed by atoms with Crippen LogP contribution >= 0.6 is 0 Å². The predicted octanol–water partition coefficient (Wildman–Crippen LogP) is 2.49. The summed E-state index contributed by atoms with van der Waals surface area (Å²) in [5.41, 5.74) is 4.01. The van der Waals surface area contributed by atoms with Gasteiger partial charge in [0.2, 0.25) is 5.91 Å². The summed E-state index contributed by atoms with van der Waals surface area (Å²) < 4.78 is 0. The highest BCUT2D eigenvalue weighted by Gasteiger charge is 2.09.